The van der Waals surface area contributed by atoms with E-state index < -0.39 is 11.9 Å². The fraction of sp³-hybridized carbons (Fsp3) is 0.263. The van der Waals surface area contributed by atoms with Crippen molar-refractivity contribution in [1.82, 2.24) is 4.90 Å². The molecule has 1 aliphatic rings. The number of carboxylic acids is 1. The first kappa shape index (κ1) is 16.2. The Hall–Kier alpha value is -2.66. The summed E-state index contributed by atoms with van der Waals surface area (Å²) in [5.74, 6) is -1.44. The number of para-hydroxylation sites is 1. The first-order valence-electron chi connectivity index (χ1n) is 7.93. The van der Waals surface area contributed by atoms with Crippen molar-refractivity contribution in [3.63, 3.8) is 0 Å². The van der Waals surface area contributed by atoms with Crippen molar-refractivity contribution in [3.8, 4) is 0 Å². The fourth-order valence-electron chi connectivity index (χ4n) is 3.22. The van der Waals surface area contributed by atoms with E-state index in [9.17, 15) is 14.7 Å². The minimum atomic E-state index is -0.803. The van der Waals surface area contributed by atoms with E-state index >= 15 is 0 Å². The monoisotopic (exact) mass is 324 g/mol. The highest BCUT2D eigenvalue weighted by atomic mass is 16.4. The lowest BCUT2D eigenvalue weighted by molar-refractivity contribution is -0.139. The van der Waals surface area contributed by atoms with Crippen LogP contribution in [0.25, 0.3) is 0 Å². The molecule has 24 heavy (non-hydrogen) atoms. The maximum Gasteiger partial charge on any atom is 0.312 e. The van der Waals surface area contributed by atoms with Crippen LogP contribution in [0.15, 0.2) is 48.5 Å². The third-order valence-corrected chi connectivity index (χ3v) is 4.29. The number of carbonyl (C=O) groups excluding carboxylic acids is 1. The summed E-state index contributed by atoms with van der Waals surface area (Å²) in [7, 11) is 0. The quantitative estimate of drug-likeness (QED) is 0.907. The van der Waals surface area contributed by atoms with Crippen LogP contribution in [-0.4, -0.2) is 28.4 Å². The summed E-state index contributed by atoms with van der Waals surface area (Å²) in [4.78, 5) is 25.1. The van der Waals surface area contributed by atoms with Crippen molar-refractivity contribution in [2.75, 3.05) is 11.9 Å². The van der Waals surface area contributed by atoms with Gasteiger partial charge in [-0.1, -0.05) is 42.5 Å². The Labute approximate surface area is 140 Å². The molecule has 5 heteroatoms. The van der Waals surface area contributed by atoms with Crippen molar-refractivity contribution in [3.05, 3.63) is 65.2 Å². The van der Waals surface area contributed by atoms with E-state index in [1.165, 1.54) is 6.92 Å². The molecule has 0 spiro atoms. The highest BCUT2D eigenvalue weighted by Gasteiger charge is 2.30. The first-order chi connectivity index (χ1) is 11.5. The van der Waals surface area contributed by atoms with Crippen molar-refractivity contribution in [2.45, 2.75) is 25.9 Å². The Bertz CT molecular complexity index is 773. The molecule has 124 valence electrons. The average Bonchev–Trinajstić information content (AvgIpc) is 2.55. The summed E-state index contributed by atoms with van der Waals surface area (Å²) in [6, 6.07) is 15.3. The van der Waals surface area contributed by atoms with Gasteiger partial charge in [0.1, 0.15) is 0 Å². The first-order valence-corrected chi connectivity index (χ1v) is 7.93. The SMILES string of the molecule is CC(=O)Nc1ccccc1CN1Cc2ccccc2C(C(=O)O)C1. The highest BCUT2D eigenvalue weighted by Crippen LogP contribution is 2.30. The summed E-state index contributed by atoms with van der Waals surface area (Å²) >= 11 is 0. The Kier molecular flexibility index (Phi) is 4.62. The predicted octanol–water partition coefficient (Wildman–Crippen LogP) is 2.83. The third-order valence-electron chi connectivity index (χ3n) is 4.29. The minimum Gasteiger partial charge on any atom is -0.481 e. The second kappa shape index (κ2) is 6.84. The van der Waals surface area contributed by atoms with Gasteiger partial charge in [-0.2, -0.15) is 0 Å². The molecule has 3 rings (SSSR count). The van der Waals surface area contributed by atoms with Crippen molar-refractivity contribution >= 4 is 17.6 Å². The zero-order valence-corrected chi connectivity index (χ0v) is 13.5. The number of anilines is 1. The summed E-state index contributed by atoms with van der Waals surface area (Å²) in [6.45, 7) is 3.23. The molecule has 0 radical (unpaired) electrons. The molecule has 0 saturated heterocycles. The van der Waals surface area contributed by atoms with Gasteiger partial charge >= 0.3 is 5.97 Å². The van der Waals surface area contributed by atoms with Crippen LogP contribution in [-0.2, 0) is 22.7 Å². The third kappa shape index (κ3) is 3.46. The molecule has 2 aromatic rings. The predicted molar refractivity (Wildman–Crippen MR) is 91.7 cm³/mol. The molecule has 0 aromatic heterocycles. The van der Waals surface area contributed by atoms with Gasteiger partial charge in [0.15, 0.2) is 0 Å². The summed E-state index contributed by atoms with van der Waals surface area (Å²) < 4.78 is 0. The van der Waals surface area contributed by atoms with Crippen LogP contribution in [0.5, 0.6) is 0 Å². The van der Waals surface area contributed by atoms with E-state index in [0.29, 0.717) is 19.6 Å². The van der Waals surface area contributed by atoms with E-state index in [0.717, 1.165) is 22.4 Å². The van der Waals surface area contributed by atoms with Gasteiger partial charge in [-0.25, -0.2) is 0 Å². The number of nitrogens with zero attached hydrogens (tertiary/aromatic N) is 1. The number of carbonyl (C=O) groups is 2. The number of amides is 1. The Morgan fingerprint density at radius 2 is 1.88 bits per heavy atom. The van der Waals surface area contributed by atoms with Crippen LogP contribution in [0.4, 0.5) is 5.69 Å². The van der Waals surface area contributed by atoms with E-state index in [1.54, 1.807) is 0 Å². The number of hydrogen-bond donors (Lipinski definition) is 2. The second-order valence-corrected chi connectivity index (χ2v) is 6.10. The Balaban J connectivity index is 1.85. The number of carboxylic acid groups (broad SMARTS) is 1. The van der Waals surface area contributed by atoms with E-state index in [2.05, 4.69) is 10.2 Å². The van der Waals surface area contributed by atoms with Crippen molar-refractivity contribution in [1.29, 1.82) is 0 Å². The molecule has 1 atom stereocenters. The molecule has 1 heterocycles. The van der Waals surface area contributed by atoms with Crippen molar-refractivity contribution < 1.29 is 14.7 Å². The molecule has 2 N–H and O–H groups in total. The van der Waals surface area contributed by atoms with Crippen LogP contribution in [0.1, 0.15) is 29.5 Å². The van der Waals surface area contributed by atoms with Crippen LogP contribution in [0, 0.1) is 0 Å². The molecule has 0 bridgehead atoms. The molecule has 1 amide bonds. The number of benzene rings is 2. The van der Waals surface area contributed by atoms with Crippen LogP contribution >= 0.6 is 0 Å². The molecule has 1 unspecified atom stereocenters. The van der Waals surface area contributed by atoms with Gasteiger partial charge in [-0.05, 0) is 22.8 Å². The molecule has 2 aromatic carbocycles. The average molecular weight is 324 g/mol. The molecule has 0 saturated carbocycles. The molecule has 0 fully saturated rings. The summed E-state index contributed by atoms with van der Waals surface area (Å²) in [6.07, 6.45) is 0. The lowest BCUT2D eigenvalue weighted by Gasteiger charge is -2.33. The second-order valence-electron chi connectivity index (χ2n) is 6.10. The van der Waals surface area contributed by atoms with Crippen molar-refractivity contribution in [2.24, 2.45) is 0 Å². The van der Waals surface area contributed by atoms with Gasteiger partial charge in [0.25, 0.3) is 0 Å². The largest absolute Gasteiger partial charge is 0.481 e. The zero-order valence-electron chi connectivity index (χ0n) is 13.5. The lowest BCUT2D eigenvalue weighted by Crippen LogP contribution is -2.36. The van der Waals surface area contributed by atoms with Gasteiger partial charge < -0.3 is 10.4 Å². The zero-order chi connectivity index (χ0) is 17.1. The minimum absolute atomic E-state index is 0.116. The maximum absolute atomic E-state index is 11.6. The molecular weight excluding hydrogens is 304 g/mol. The molecular formula is C19H20N2O3. The van der Waals surface area contributed by atoms with E-state index in [4.69, 9.17) is 0 Å². The Morgan fingerprint density at radius 1 is 1.17 bits per heavy atom. The van der Waals surface area contributed by atoms with Crippen LogP contribution in [0.3, 0.4) is 0 Å². The van der Waals surface area contributed by atoms with Gasteiger partial charge in [-0.3, -0.25) is 14.5 Å². The number of nitrogens with one attached hydrogen (secondary N) is 1. The molecule has 1 aliphatic heterocycles. The van der Waals surface area contributed by atoms with E-state index in [1.807, 2.05) is 48.5 Å². The lowest BCUT2D eigenvalue weighted by atomic mass is 9.89. The smallest absolute Gasteiger partial charge is 0.312 e. The maximum atomic E-state index is 11.6. The van der Waals surface area contributed by atoms with Gasteiger partial charge in [0.2, 0.25) is 5.91 Å². The fourth-order valence-corrected chi connectivity index (χ4v) is 3.22. The Morgan fingerprint density at radius 3 is 2.62 bits per heavy atom. The summed E-state index contributed by atoms with van der Waals surface area (Å²) in [5, 5.41) is 12.4. The number of hydrogen-bond acceptors (Lipinski definition) is 3. The van der Waals surface area contributed by atoms with Gasteiger partial charge in [0, 0.05) is 32.2 Å². The number of fused-ring (bicyclic) bond motifs is 1. The topological polar surface area (TPSA) is 69.6 Å². The molecule has 0 aliphatic carbocycles. The number of rotatable bonds is 4. The van der Waals surface area contributed by atoms with Crippen LogP contribution < -0.4 is 5.32 Å². The highest BCUT2D eigenvalue weighted by molar-refractivity contribution is 5.89. The van der Waals surface area contributed by atoms with E-state index in [-0.39, 0.29) is 5.91 Å². The normalized spacial score (nSPS) is 17.1. The van der Waals surface area contributed by atoms with Gasteiger partial charge in [-0.15, -0.1) is 0 Å². The number of aliphatic carboxylic acids is 1. The molecule has 5 nitrogen and oxygen atoms in total. The van der Waals surface area contributed by atoms with Crippen LogP contribution in [0.2, 0.25) is 0 Å². The van der Waals surface area contributed by atoms with Gasteiger partial charge in [0.05, 0.1) is 5.92 Å². The summed E-state index contributed by atoms with van der Waals surface area (Å²) in [5.41, 5.74) is 3.71. The standard InChI is InChI=1S/C19H20N2O3/c1-13(22)20-18-9-5-3-7-15(18)11-21-10-14-6-2-4-8-16(14)17(12-21)19(23)24/h2-9,17H,10-12H2,1H3,(H,20,22)(H,23,24).